The van der Waals surface area contributed by atoms with Crippen LogP contribution in [-0.2, 0) is 6.42 Å². The SMILES string of the molecule is CC(C)n1c(-c2ccc(OC(F)(F)Cl)cc2)nc2cc(C(N)=O)cc(-c3cnc4c(c3)-c3n[nH]cc3C4)c21. The molecule has 3 N–H and O–H groups in total. The predicted octanol–water partition coefficient (Wildman–Crippen LogP) is 5.91. The summed E-state index contributed by atoms with van der Waals surface area (Å²) in [5, 5.41) is 7.28. The number of imidazole rings is 1. The zero-order valence-electron chi connectivity index (χ0n) is 20.3. The van der Waals surface area contributed by atoms with E-state index >= 15 is 0 Å². The molecule has 3 heterocycles. The zero-order valence-corrected chi connectivity index (χ0v) is 21.1. The molecule has 0 unspecified atom stereocenters. The smallest absolute Gasteiger partial charge is 0.420 e. The molecule has 0 radical (unpaired) electrons. The van der Waals surface area contributed by atoms with Crippen LogP contribution >= 0.6 is 11.6 Å². The van der Waals surface area contributed by atoms with Gasteiger partial charge in [-0.2, -0.15) is 5.10 Å². The van der Waals surface area contributed by atoms with Crippen molar-refractivity contribution in [1.82, 2.24) is 24.7 Å². The molecule has 8 nitrogen and oxygen atoms in total. The second-order valence-corrected chi connectivity index (χ2v) is 9.82. The quantitative estimate of drug-likeness (QED) is 0.258. The van der Waals surface area contributed by atoms with Gasteiger partial charge in [-0.25, -0.2) is 4.98 Å². The van der Waals surface area contributed by atoms with Crippen molar-refractivity contribution >= 4 is 28.5 Å². The van der Waals surface area contributed by atoms with E-state index in [9.17, 15) is 13.6 Å². The van der Waals surface area contributed by atoms with Crippen molar-refractivity contribution in [3.8, 4) is 39.5 Å². The van der Waals surface area contributed by atoms with Crippen LogP contribution in [0.25, 0.3) is 44.8 Å². The third-order valence-electron chi connectivity index (χ3n) is 6.55. The Balaban J connectivity index is 1.56. The number of nitrogens with two attached hydrogens (primary N) is 1. The Morgan fingerprint density at radius 3 is 2.61 bits per heavy atom. The number of halogens is 3. The molecule has 1 amide bonds. The number of H-pyrrole nitrogens is 1. The van der Waals surface area contributed by atoms with E-state index in [1.807, 2.05) is 30.7 Å². The minimum absolute atomic E-state index is 0.0448. The molecular weight excluding hydrogens is 514 g/mol. The summed E-state index contributed by atoms with van der Waals surface area (Å²) < 4.78 is 32.6. The number of primary amides is 1. The number of hydrogen-bond acceptors (Lipinski definition) is 5. The molecule has 0 atom stereocenters. The molecule has 0 bridgehead atoms. The molecule has 6 rings (SSSR count). The summed E-state index contributed by atoms with van der Waals surface area (Å²) in [4.78, 5) is 21.8. The first kappa shape index (κ1) is 24.1. The summed E-state index contributed by atoms with van der Waals surface area (Å²) in [5.41, 5.74) is 9.53. The maximum Gasteiger partial charge on any atom is 0.487 e. The van der Waals surface area contributed by atoms with E-state index in [1.54, 1.807) is 30.5 Å². The van der Waals surface area contributed by atoms with Gasteiger partial charge in [0.25, 0.3) is 0 Å². The molecule has 192 valence electrons. The summed E-state index contributed by atoms with van der Waals surface area (Å²) in [7, 11) is 0. The largest absolute Gasteiger partial charge is 0.487 e. The number of aromatic nitrogens is 5. The first-order chi connectivity index (χ1) is 18.1. The van der Waals surface area contributed by atoms with E-state index in [0.29, 0.717) is 28.9 Å². The Morgan fingerprint density at radius 2 is 1.92 bits per heavy atom. The van der Waals surface area contributed by atoms with Gasteiger partial charge in [0, 0.05) is 69.8 Å². The number of hydrogen-bond donors (Lipinski definition) is 2. The third kappa shape index (κ3) is 4.06. The summed E-state index contributed by atoms with van der Waals surface area (Å²) in [5.74, 6) is -0.0774. The lowest BCUT2D eigenvalue weighted by Crippen LogP contribution is -2.15. The molecular formula is C27H21ClF2N6O2. The van der Waals surface area contributed by atoms with E-state index in [0.717, 1.165) is 39.2 Å². The first-order valence-electron chi connectivity index (χ1n) is 11.8. The third-order valence-corrected chi connectivity index (χ3v) is 6.62. The molecule has 0 saturated heterocycles. The van der Waals surface area contributed by atoms with Gasteiger partial charge in [-0.1, -0.05) is 0 Å². The van der Waals surface area contributed by atoms with Crippen molar-refractivity contribution in [1.29, 1.82) is 0 Å². The highest BCUT2D eigenvalue weighted by Crippen LogP contribution is 2.40. The summed E-state index contributed by atoms with van der Waals surface area (Å²) in [6, 6.07) is 11.4. The zero-order chi connectivity index (χ0) is 26.8. The predicted molar refractivity (Wildman–Crippen MR) is 139 cm³/mol. The van der Waals surface area contributed by atoms with E-state index in [4.69, 9.17) is 27.3 Å². The molecule has 11 heteroatoms. The molecule has 2 aromatic carbocycles. The summed E-state index contributed by atoms with van der Waals surface area (Å²) in [6.07, 6.45) is 4.35. The second-order valence-electron chi connectivity index (χ2n) is 9.38. The lowest BCUT2D eigenvalue weighted by molar-refractivity contribution is -0.0964. The van der Waals surface area contributed by atoms with Gasteiger partial charge < -0.3 is 15.0 Å². The number of amides is 1. The van der Waals surface area contributed by atoms with E-state index in [1.165, 1.54) is 12.1 Å². The number of nitrogens with one attached hydrogen (secondary N) is 1. The van der Waals surface area contributed by atoms with Gasteiger partial charge >= 0.3 is 5.57 Å². The van der Waals surface area contributed by atoms with Crippen LogP contribution in [0.2, 0.25) is 0 Å². The number of carbonyl (C=O) groups excluding carboxylic acids is 1. The van der Waals surface area contributed by atoms with Crippen LogP contribution in [0.3, 0.4) is 0 Å². The van der Waals surface area contributed by atoms with Crippen LogP contribution in [-0.4, -0.2) is 36.2 Å². The molecule has 3 aromatic heterocycles. The first-order valence-corrected chi connectivity index (χ1v) is 12.2. The summed E-state index contributed by atoms with van der Waals surface area (Å²) in [6.45, 7) is 4.03. The van der Waals surface area contributed by atoms with E-state index < -0.39 is 11.5 Å². The number of pyridine rings is 1. The van der Waals surface area contributed by atoms with Crippen molar-refractivity contribution in [2.24, 2.45) is 5.73 Å². The number of ether oxygens (including phenoxy) is 1. The molecule has 0 aliphatic heterocycles. The highest BCUT2D eigenvalue weighted by atomic mass is 35.5. The van der Waals surface area contributed by atoms with Crippen LogP contribution in [0, 0.1) is 0 Å². The minimum Gasteiger partial charge on any atom is -0.420 e. The Hall–Kier alpha value is -4.31. The highest BCUT2D eigenvalue weighted by molar-refractivity contribution is 6.20. The topological polar surface area (TPSA) is 112 Å². The Labute approximate surface area is 220 Å². The standard InChI is InChI=1S/C27H21ClF2N6O2/c1-13(2)36-24-19(16-8-20-21(32-11-16)10-17-12-33-35-23(17)20)7-15(25(31)37)9-22(24)34-26(36)14-3-5-18(6-4-14)38-27(28,29)30/h3-9,11-13H,10H2,1-2H3,(H2,31,37)(H,33,35). The Bertz CT molecular complexity index is 1720. The van der Waals surface area contributed by atoms with Crippen LogP contribution < -0.4 is 10.5 Å². The van der Waals surface area contributed by atoms with Gasteiger partial charge in [0.1, 0.15) is 11.6 Å². The van der Waals surface area contributed by atoms with E-state index in [2.05, 4.69) is 14.9 Å². The average molecular weight is 535 g/mol. The number of alkyl halides is 3. The number of nitrogens with zero attached hydrogens (tertiary/aromatic N) is 4. The van der Waals surface area contributed by atoms with Crippen LogP contribution in [0.15, 0.2) is 54.9 Å². The van der Waals surface area contributed by atoms with Crippen molar-refractivity contribution in [2.45, 2.75) is 31.9 Å². The minimum atomic E-state index is -3.81. The maximum absolute atomic E-state index is 13.1. The lowest BCUT2D eigenvalue weighted by Gasteiger charge is -2.17. The van der Waals surface area contributed by atoms with Gasteiger partial charge in [-0.3, -0.25) is 14.9 Å². The van der Waals surface area contributed by atoms with Gasteiger partial charge in [0.05, 0.1) is 22.4 Å². The normalized spacial score (nSPS) is 12.7. The highest BCUT2D eigenvalue weighted by Gasteiger charge is 2.28. The number of fused-ring (bicyclic) bond motifs is 4. The molecule has 0 saturated carbocycles. The maximum atomic E-state index is 13.1. The summed E-state index contributed by atoms with van der Waals surface area (Å²) >= 11 is 4.90. The average Bonchev–Trinajstić information content (AvgIpc) is 3.55. The number of rotatable bonds is 6. The molecule has 0 spiro atoms. The number of aromatic amines is 1. The Kier molecular flexibility index (Phi) is 5.46. The molecule has 1 aliphatic carbocycles. The van der Waals surface area contributed by atoms with Crippen molar-refractivity contribution in [2.75, 3.05) is 0 Å². The lowest BCUT2D eigenvalue weighted by atomic mass is 9.99. The van der Waals surface area contributed by atoms with Gasteiger partial charge in [-0.15, -0.1) is 8.78 Å². The fourth-order valence-electron chi connectivity index (χ4n) is 4.96. The van der Waals surface area contributed by atoms with Gasteiger partial charge in [0.2, 0.25) is 5.91 Å². The van der Waals surface area contributed by atoms with Crippen molar-refractivity contribution < 1.29 is 18.3 Å². The van der Waals surface area contributed by atoms with Crippen molar-refractivity contribution in [3.63, 3.8) is 0 Å². The van der Waals surface area contributed by atoms with Crippen molar-refractivity contribution in [3.05, 3.63) is 71.7 Å². The Morgan fingerprint density at radius 1 is 1.16 bits per heavy atom. The molecule has 0 fully saturated rings. The van der Waals surface area contributed by atoms with Crippen LogP contribution in [0.5, 0.6) is 5.75 Å². The monoisotopic (exact) mass is 534 g/mol. The number of carbonyl (C=O) groups is 1. The van der Waals surface area contributed by atoms with Gasteiger partial charge in [0.15, 0.2) is 0 Å². The number of benzene rings is 2. The second kappa shape index (κ2) is 8.63. The fourth-order valence-corrected chi connectivity index (χ4v) is 5.04. The van der Waals surface area contributed by atoms with Gasteiger partial charge in [-0.05, 0) is 56.3 Å². The fraction of sp³-hybridized carbons (Fsp3) is 0.185. The molecule has 5 aromatic rings. The van der Waals surface area contributed by atoms with E-state index in [-0.39, 0.29) is 11.8 Å². The molecule has 1 aliphatic rings. The van der Waals surface area contributed by atoms with Crippen LogP contribution in [0.4, 0.5) is 8.78 Å². The van der Waals surface area contributed by atoms with Crippen LogP contribution in [0.1, 0.15) is 41.5 Å². The molecule has 38 heavy (non-hydrogen) atoms.